The Balaban J connectivity index is 2.94. The first-order valence-corrected chi connectivity index (χ1v) is 7.57. The lowest BCUT2D eigenvalue weighted by atomic mass is 9.85. The molecule has 0 aliphatic carbocycles. The molecule has 1 aromatic rings. The molecule has 0 aliphatic rings. The number of nitrogens with zero attached hydrogens (tertiary/aromatic N) is 1. The van der Waals surface area contributed by atoms with E-state index in [4.69, 9.17) is 0 Å². The SMILES string of the molecule is CCN(CC)C(C)(CC)C(O)Cc1ccc(F)cc1C. The highest BCUT2D eigenvalue weighted by Gasteiger charge is 2.35. The third kappa shape index (κ3) is 3.58. The number of likely N-dealkylation sites (N-methyl/N-ethyl adjacent to an activating group) is 1. The Morgan fingerprint density at radius 2 is 1.85 bits per heavy atom. The number of hydrogen-bond acceptors (Lipinski definition) is 2. The van der Waals surface area contributed by atoms with Gasteiger partial charge in [0, 0.05) is 12.0 Å². The molecule has 1 N–H and O–H groups in total. The van der Waals surface area contributed by atoms with Crippen molar-refractivity contribution in [2.75, 3.05) is 13.1 Å². The molecule has 0 radical (unpaired) electrons. The summed E-state index contributed by atoms with van der Waals surface area (Å²) in [6, 6.07) is 4.78. The second kappa shape index (κ2) is 7.19. The van der Waals surface area contributed by atoms with E-state index >= 15 is 0 Å². The van der Waals surface area contributed by atoms with E-state index in [9.17, 15) is 9.50 Å². The summed E-state index contributed by atoms with van der Waals surface area (Å²) in [5.41, 5.74) is 1.68. The summed E-state index contributed by atoms with van der Waals surface area (Å²) in [5.74, 6) is -0.220. The van der Waals surface area contributed by atoms with Gasteiger partial charge in [0.2, 0.25) is 0 Å². The highest BCUT2D eigenvalue weighted by Crippen LogP contribution is 2.27. The second-order valence-corrected chi connectivity index (χ2v) is 5.67. The van der Waals surface area contributed by atoms with Crippen LogP contribution >= 0.6 is 0 Å². The van der Waals surface area contributed by atoms with E-state index in [0.717, 1.165) is 30.6 Å². The van der Waals surface area contributed by atoms with E-state index in [-0.39, 0.29) is 11.4 Å². The van der Waals surface area contributed by atoms with Gasteiger partial charge in [0.05, 0.1) is 6.10 Å². The predicted octanol–water partition coefficient (Wildman–Crippen LogP) is 3.55. The van der Waals surface area contributed by atoms with Crippen molar-refractivity contribution >= 4 is 0 Å². The van der Waals surface area contributed by atoms with Crippen LogP contribution in [0, 0.1) is 12.7 Å². The van der Waals surface area contributed by atoms with Gasteiger partial charge in [-0.15, -0.1) is 0 Å². The van der Waals surface area contributed by atoms with E-state index in [2.05, 4.69) is 32.6 Å². The van der Waals surface area contributed by atoms with E-state index in [1.165, 1.54) is 12.1 Å². The van der Waals surface area contributed by atoms with Crippen LogP contribution in [0.4, 0.5) is 4.39 Å². The highest BCUT2D eigenvalue weighted by molar-refractivity contribution is 5.27. The maximum Gasteiger partial charge on any atom is 0.123 e. The molecule has 2 nitrogen and oxygen atoms in total. The van der Waals surface area contributed by atoms with Gasteiger partial charge in [-0.2, -0.15) is 0 Å². The molecule has 0 amide bonds. The van der Waals surface area contributed by atoms with Crippen molar-refractivity contribution < 1.29 is 9.50 Å². The zero-order chi connectivity index (χ0) is 15.3. The quantitative estimate of drug-likeness (QED) is 0.826. The molecule has 1 rings (SSSR count). The Morgan fingerprint density at radius 1 is 1.25 bits per heavy atom. The van der Waals surface area contributed by atoms with Crippen molar-refractivity contribution in [3.63, 3.8) is 0 Å². The molecule has 0 saturated heterocycles. The van der Waals surface area contributed by atoms with Gasteiger partial charge in [0.25, 0.3) is 0 Å². The van der Waals surface area contributed by atoms with Crippen molar-refractivity contribution in [1.29, 1.82) is 0 Å². The molecule has 2 atom stereocenters. The van der Waals surface area contributed by atoms with Gasteiger partial charge in [-0.1, -0.05) is 26.8 Å². The van der Waals surface area contributed by atoms with E-state index in [1.807, 2.05) is 6.92 Å². The summed E-state index contributed by atoms with van der Waals surface area (Å²) in [6.45, 7) is 12.2. The minimum absolute atomic E-state index is 0.220. The largest absolute Gasteiger partial charge is 0.391 e. The van der Waals surface area contributed by atoms with Gasteiger partial charge in [0.15, 0.2) is 0 Å². The van der Waals surface area contributed by atoms with Crippen molar-refractivity contribution in [2.24, 2.45) is 0 Å². The van der Waals surface area contributed by atoms with Crippen molar-refractivity contribution in [2.45, 2.75) is 59.1 Å². The Labute approximate surface area is 122 Å². The van der Waals surface area contributed by atoms with Gasteiger partial charge >= 0.3 is 0 Å². The lowest BCUT2D eigenvalue weighted by Gasteiger charge is -2.43. The molecule has 20 heavy (non-hydrogen) atoms. The fraction of sp³-hybridized carbons (Fsp3) is 0.647. The molecule has 1 aromatic carbocycles. The number of aryl methyl sites for hydroxylation is 1. The van der Waals surface area contributed by atoms with Gasteiger partial charge in [-0.25, -0.2) is 4.39 Å². The molecule has 114 valence electrons. The van der Waals surface area contributed by atoms with Gasteiger partial charge in [0.1, 0.15) is 5.82 Å². The molecular formula is C17H28FNO. The maximum absolute atomic E-state index is 13.2. The zero-order valence-corrected chi connectivity index (χ0v) is 13.4. The Morgan fingerprint density at radius 3 is 2.30 bits per heavy atom. The third-order valence-corrected chi connectivity index (χ3v) is 4.64. The monoisotopic (exact) mass is 281 g/mol. The first-order valence-electron chi connectivity index (χ1n) is 7.57. The fourth-order valence-electron chi connectivity index (χ4n) is 2.93. The smallest absolute Gasteiger partial charge is 0.123 e. The van der Waals surface area contributed by atoms with E-state index in [1.54, 1.807) is 6.07 Å². The standard InChI is InChI=1S/C17H28FNO/c1-6-17(5,19(7-2)8-3)16(20)12-14-9-10-15(18)11-13(14)4/h9-11,16,20H,6-8,12H2,1-5H3. The first-order chi connectivity index (χ1) is 9.38. The number of rotatable bonds is 7. The Hall–Kier alpha value is -0.930. The lowest BCUT2D eigenvalue weighted by molar-refractivity contribution is -0.0191. The van der Waals surface area contributed by atoms with Crippen LogP contribution in [0.25, 0.3) is 0 Å². The highest BCUT2D eigenvalue weighted by atomic mass is 19.1. The van der Waals surface area contributed by atoms with E-state index in [0.29, 0.717) is 6.42 Å². The Kier molecular flexibility index (Phi) is 6.15. The molecule has 0 spiro atoms. The molecule has 0 aromatic heterocycles. The van der Waals surface area contributed by atoms with Crippen LogP contribution in [0.15, 0.2) is 18.2 Å². The molecule has 0 bridgehead atoms. The van der Waals surface area contributed by atoms with Crippen molar-refractivity contribution in [3.05, 3.63) is 35.1 Å². The van der Waals surface area contributed by atoms with Crippen LogP contribution in [0.2, 0.25) is 0 Å². The minimum Gasteiger partial charge on any atom is -0.391 e. The van der Waals surface area contributed by atoms with Crippen LogP contribution in [0.1, 0.15) is 45.2 Å². The average Bonchev–Trinajstić information content (AvgIpc) is 2.42. The molecule has 0 fully saturated rings. The maximum atomic E-state index is 13.2. The lowest BCUT2D eigenvalue weighted by Crippen LogP contribution is -2.54. The second-order valence-electron chi connectivity index (χ2n) is 5.67. The predicted molar refractivity (Wildman–Crippen MR) is 82.5 cm³/mol. The number of halogens is 1. The molecule has 0 aliphatic heterocycles. The molecule has 0 saturated carbocycles. The summed E-state index contributed by atoms with van der Waals surface area (Å²) in [4.78, 5) is 2.30. The summed E-state index contributed by atoms with van der Waals surface area (Å²) in [7, 11) is 0. The van der Waals surface area contributed by atoms with Crippen LogP contribution in [0.3, 0.4) is 0 Å². The normalized spacial score (nSPS) is 16.2. The van der Waals surface area contributed by atoms with E-state index < -0.39 is 6.10 Å². The van der Waals surface area contributed by atoms with Gasteiger partial charge < -0.3 is 5.11 Å². The van der Waals surface area contributed by atoms with Crippen molar-refractivity contribution in [1.82, 2.24) is 4.90 Å². The van der Waals surface area contributed by atoms with Crippen LogP contribution < -0.4 is 0 Å². The number of aliphatic hydroxyl groups excluding tert-OH is 1. The van der Waals surface area contributed by atoms with Crippen molar-refractivity contribution in [3.8, 4) is 0 Å². The molecule has 3 heteroatoms. The zero-order valence-electron chi connectivity index (χ0n) is 13.4. The number of aliphatic hydroxyl groups is 1. The van der Waals surface area contributed by atoms with Gasteiger partial charge in [-0.3, -0.25) is 4.90 Å². The van der Waals surface area contributed by atoms with Crippen LogP contribution in [-0.4, -0.2) is 34.7 Å². The fourth-order valence-corrected chi connectivity index (χ4v) is 2.93. The Bertz CT molecular complexity index is 431. The van der Waals surface area contributed by atoms with Crippen LogP contribution in [0.5, 0.6) is 0 Å². The van der Waals surface area contributed by atoms with Crippen LogP contribution in [-0.2, 0) is 6.42 Å². The molecular weight excluding hydrogens is 253 g/mol. The summed E-state index contributed by atoms with van der Waals surface area (Å²) in [5, 5.41) is 10.7. The minimum atomic E-state index is -0.462. The first kappa shape index (κ1) is 17.1. The topological polar surface area (TPSA) is 23.5 Å². The number of hydrogen-bond donors (Lipinski definition) is 1. The number of benzene rings is 1. The molecule has 0 heterocycles. The van der Waals surface area contributed by atoms with Gasteiger partial charge in [-0.05, 0) is 56.6 Å². The summed E-state index contributed by atoms with van der Waals surface area (Å²) >= 11 is 0. The summed E-state index contributed by atoms with van der Waals surface area (Å²) < 4.78 is 13.2. The summed E-state index contributed by atoms with van der Waals surface area (Å²) in [6.07, 6.45) is 0.986. The average molecular weight is 281 g/mol. The molecule has 2 unspecified atom stereocenters. The third-order valence-electron chi connectivity index (χ3n) is 4.64.